The van der Waals surface area contributed by atoms with Crippen molar-refractivity contribution < 1.29 is 4.79 Å². The molecule has 2 heterocycles. The number of pyridine rings is 1. The molecule has 20 heavy (non-hydrogen) atoms. The number of benzene rings is 1. The van der Waals surface area contributed by atoms with E-state index in [0.717, 1.165) is 11.3 Å². The van der Waals surface area contributed by atoms with Gasteiger partial charge < -0.3 is 5.32 Å². The first-order chi connectivity index (χ1) is 9.63. The minimum atomic E-state index is -0.149. The number of carbonyl (C=O) groups is 1. The van der Waals surface area contributed by atoms with Gasteiger partial charge in [-0.25, -0.2) is 0 Å². The van der Waals surface area contributed by atoms with Gasteiger partial charge in [0.25, 0.3) is 5.91 Å². The lowest BCUT2D eigenvalue weighted by Crippen LogP contribution is -2.12. The smallest absolute Gasteiger partial charge is 0.257 e. The van der Waals surface area contributed by atoms with E-state index in [1.54, 1.807) is 29.1 Å². The molecule has 0 saturated carbocycles. The third-order valence-electron chi connectivity index (χ3n) is 3.32. The SMILES string of the molecule is Cc1ccc(NC(=O)c2ccc3nncn3c2)cc1C. The molecular weight excluding hydrogens is 252 g/mol. The van der Waals surface area contributed by atoms with E-state index in [1.807, 2.05) is 32.0 Å². The topological polar surface area (TPSA) is 59.3 Å². The molecule has 1 amide bonds. The van der Waals surface area contributed by atoms with Crippen LogP contribution in [0.15, 0.2) is 42.9 Å². The first-order valence-corrected chi connectivity index (χ1v) is 6.31. The van der Waals surface area contributed by atoms with Crippen molar-refractivity contribution >= 4 is 17.2 Å². The van der Waals surface area contributed by atoms with Crippen LogP contribution in [-0.2, 0) is 0 Å². The minimum Gasteiger partial charge on any atom is -0.322 e. The molecular formula is C15H14N4O. The molecule has 3 rings (SSSR count). The highest BCUT2D eigenvalue weighted by Gasteiger charge is 2.08. The highest BCUT2D eigenvalue weighted by molar-refractivity contribution is 6.04. The van der Waals surface area contributed by atoms with Gasteiger partial charge in [0.2, 0.25) is 0 Å². The standard InChI is InChI=1S/C15H14N4O/c1-10-3-5-13(7-11(10)2)17-15(20)12-4-6-14-18-16-9-19(14)8-12/h3-9H,1-2H3,(H,17,20). The molecule has 0 aliphatic carbocycles. The average Bonchev–Trinajstić information content (AvgIpc) is 2.90. The second-order valence-corrected chi connectivity index (χ2v) is 4.77. The van der Waals surface area contributed by atoms with E-state index in [-0.39, 0.29) is 5.91 Å². The summed E-state index contributed by atoms with van der Waals surface area (Å²) in [5.74, 6) is -0.149. The average molecular weight is 266 g/mol. The Morgan fingerprint density at radius 3 is 2.80 bits per heavy atom. The van der Waals surface area contributed by atoms with Gasteiger partial charge in [-0.15, -0.1) is 10.2 Å². The molecule has 1 aromatic carbocycles. The van der Waals surface area contributed by atoms with E-state index in [4.69, 9.17) is 0 Å². The summed E-state index contributed by atoms with van der Waals surface area (Å²) in [5, 5.41) is 10.6. The van der Waals surface area contributed by atoms with E-state index in [1.165, 1.54) is 5.56 Å². The van der Waals surface area contributed by atoms with Crippen LogP contribution in [-0.4, -0.2) is 20.5 Å². The van der Waals surface area contributed by atoms with Gasteiger partial charge in [-0.1, -0.05) is 6.07 Å². The summed E-state index contributed by atoms with van der Waals surface area (Å²) in [5.41, 5.74) is 4.43. The van der Waals surface area contributed by atoms with Crippen LogP contribution >= 0.6 is 0 Å². The number of aromatic nitrogens is 3. The third-order valence-corrected chi connectivity index (χ3v) is 3.32. The molecule has 0 saturated heterocycles. The zero-order chi connectivity index (χ0) is 14.1. The Bertz CT molecular complexity index is 791. The summed E-state index contributed by atoms with van der Waals surface area (Å²) < 4.78 is 1.72. The Hall–Kier alpha value is -2.69. The number of fused-ring (bicyclic) bond motifs is 1. The quantitative estimate of drug-likeness (QED) is 0.775. The van der Waals surface area contributed by atoms with Crippen molar-refractivity contribution in [2.45, 2.75) is 13.8 Å². The molecule has 0 aliphatic heterocycles. The monoisotopic (exact) mass is 266 g/mol. The van der Waals surface area contributed by atoms with Crippen LogP contribution in [0.3, 0.4) is 0 Å². The van der Waals surface area contributed by atoms with Gasteiger partial charge in [0.1, 0.15) is 6.33 Å². The Kier molecular flexibility index (Phi) is 2.95. The van der Waals surface area contributed by atoms with E-state index in [2.05, 4.69) is 15.5 Å². The number of amides is 1. The molecule has 2 aromatic heterocycles. The lowest BCUT2D eigenvalue weighted by Gasteiger charge is -2.08. The summed E-state index contributed by atoms with van der Waals surface area (Å²) in [4.78, 5) is 12.2. The highest BCUT2D eigenvalue weighted by atomic mass is 16.1. The van der Waals surface area contributed by atoms with Crippen LogP contribution < -0.4 is 5.32 Å². The predicted octanol–water partition coefficient (Wildman–Crippen LogP) is 2.60. The molecule has 0 fully saturated rings. The van der Waals surface area contributed by atoms with Crippen molar-refractivity contribution in [3.05, 3.63) is 59.5 Å². The fourth-order valence-corrected chi connectivity index (χ4v) is 1.98. The van der Waals surface area contributed by atoms with E-state index >= 15 is 0 Å². The number of rotatable bonds is 2. The lowest BCUT2D eigenvalue weighted by atomic mass is 10.1. The van der Waals surface area contributed by atoms with Gasteiger partial charge in [0, 0.05) is 11.9 Å². The van der Waals surface area contributed by atoms with E-state index < -0.39 is 0 Å². The predicted molar refractivity (Wildman–Crippen MR) is 76.9 cm³/mol. The first-order valence-electron chi connectivity index (χ1n) is 6.31. The summed E-state index contributed by atoms with van der Waals surface area (Å²) >= 11 is 0. The number of nitrogens with one attached hydrogen (secondary N) is 1. The Labute approximate surface area is 116 Å². The van der Waals surface area contributed by atoms with E-state index in [9.17, 15) is 4.79 Å². The third kappa shape index (κ3) is 2.25. The molecule has 1 N–H and O–H groups in total. The van der Waals surface area contributed by atoms with Crippen LogP contribution in [0.4, 0.5) is 5.69 Å². The van der Waals surface area contributed by atoms with Crippen LogP contribution in [0.2, 0.25) is 0 Å². The van der Waals surface area contributed by atoms with Gasteiger partial charge in [0.15, 0.2) is 5.65 Å². The number of carbonyl (C=O) groups excluding carboxylic acids is 1. The summed E-state index contributed by atoms with van der Waals surface area (Å²) in [6.07, 6.45) is 3.29. The molecule has 0 radical (unpaired) electrons. The maximum Gasteiger partial charge on any atom is 0.257 e. The fourth-order valence-electron chi connectivity index (χ4n) is 1.98. The van der Waals surface area contributed by atoms with Gasteiger partial charge in [-0.05, 0) is 49.2 Å². The van der Waals surface area contributed by atoms with Crippen LogP contribution in [0.5, 0.6) is 0 Å². The zero-order valence-corrected chi connectivity index (χ0v) is 11.3. The fraction of sp³-hybridized carbons (Fsp3) is 0.133. The highest BCUT2D eigenvalue weighted by Crippen LogP contribution is 2.15. The largest absolute Gasteiger partial charge is 0.322 e. The normalized spacial score (nSPS) is 10.7. The molecule has 5 heteroatoms. The van der Waals surface area contributed by atoms with E-state index in [0.29, 0.717) is 11.2 Å². The maximum absolute atomic E-state index is 12.2. The maximum atomic E-state index is 12.2. The van der Waals surface area contributed by atoms with Gasteiger partial charge in [-0.2, -0.15) is 0 Å². The molecule has 100 valence electrons. The Balaban J connectivity index is 1.86. The Morgan fingerprint density at radius 1 is 1.15 bits per heavy atom. The number of hydrogen-bond donors (Lipinski definition) is 1. The molecule has 0 bridgehead atoms. The van der Waals surface area contributed by atoms with Crippen molar-refractivity contribution in [2.75, 3.05) is 5.32 Å². The van der Waals surface area contributed by atoms with Crippen molar-refractivity contribution in [2.24, 2.45) is 0 Å². The second-order valence-electron chi connectivity index (χ2n) is 4.77. The number of hydrogen-bond acceptors (Lipinski definition) is 3. The number of nitrogens with zero attached hydrogens (tertiary/aromatic N) is 3. The minimum absolute atomic E-state index is 0.149. The second kappa shape index (κ2) is 4.77. The van der Waals surface area contributed by atoms with Crippen molar-refractivity contribution in [1.82, 2.24) is 14.6 Å². The van der Waals surface area contributed by atoms with Crippen LogP contribution in [0, 0.1) is 13.8 Å². The molecule has 5 nitrogen and oxygen atoms in total. The van der Waals surface area contributed by atoms with Crippen molar-refractivity contribution in [3.63, 3.8) is 0 Å². The molecule has 0 spiro atoms. The summed E-state index contributed by atoms with van der Waals surface area (Å²) in [6, 6.07) is 9.36. The Morgan fingerprint density at radius 2 is 2.00 bits per heavy atom. The van der Waals surface area contributed by atoms with Crippen molar-refractivity contribution in [1.29, 1.82) is 0 Å². The van der Waals surface area contributed by atoms with Crippen molar-refractivity contribution in [3.8, 4) is 0 Å². The molecule has 0 aliphatic rings. The molecule has 0 unspecified atom stereocenters. The van der Waals surface area contributed by atoms with Crippen LogP contribution in [0.1, 0.15) is 21.5 Å². The van der Waals surface area contributed by atoms with Crippen LogP contribution in [0.25, 0.3) is 5.65 Å². The lowest BCUT2D eigenvalue weighted by molar-refractivity contribution is 0.102. The zero-order valence-electron chi connectivity index (χ0n) is 11.3. The first kappa shape index (κ1) is 12.3. The number of anilines is 1. The molecule has 0 atom stereocenters. The number of aryl methyl sites for hydroxylation is 2. The van der Waals surface area contributed by atoms with Gasteiger partial charge >= 0.3 is 0 Å². The summed E-state index contributed by atoms with van der Waals surface area (Å²) in [6.45, 7) is 4.06. The molecule has 3 aromatic rings. The van der Waals surface area contributed by atoms with Gasteiger partial charge in [0.05, 0.1) is 5.56 Å². The summed E-state index contributed by atoms with van der Waals surface area (Å²) in [7, 11) is 0. The van der Waals surface area contributed by atoms with Gasteiger partial charge in [-0.3, -0.25) is 9.20 Å².